The predicted octanol–water partition coefficient (Wildman–Crippen LogP) is 4.52. The first kappa shape index (κ1) is 13.4. The van der Waals surface area contributed by atoms with Crippen molar-refractivity contribution in [3.63, 3.8) is 0 Å². The lowest BCUT2D eigenvalue weighted by Gasteiger charge is -2.19. The first-order valence-electron chi connectivity index (χ1n) is 7.60. The largest absolute Gasteiger partial charge is 0.393 e. The summed E-state index contributed by atoms with van der Waals surface area (Å²) in [7, 11) is 0. The molecule has 0 amide bonds. The topological polar surface area (TPSA) is 20.2 Å². The zero-order chi connectivity index (χ0) is 14.1. The quantitative estimate of drug-likeness (QED) is 0.736. The van der Waals surface area contributed by atoms with Crippen LogP contribution < -0.4 is 0 Å². The van der Waals surface area contributed by atoms with Gasteiger partial charge >= 0.3 is 0 Å². The summed E-state index contributed by atoms with van der Waals surface area (Å²) < 4.78 is 0. The Kier molecular flexibility index (Phi) is 3.62. The first-order valence-corrected chi connectivity index (χ1v) is 7.60. The Bertz CT molecular complexity index is 615. The molecule has 104 valence electrons. The Balaban J connectivity index is 1.91. The maximum Gasteiger partial charge on any atom is 0.0606 e. The van der Waals surface area contributed by atoms with Crippen LogP contribution in [0.1, 0.15) is 49.3 Å². The van der Waals surface area contributed by atoms with E-state index in [1.54, 1.807) is 0 Å². The number of fused-ring (bicyclic) bond motifs is 3. The Morgan fingerprint density at radius 3 is 2.60 bits per heavy atom. The molecule has 2 aromatic rings. The van der Waals surface area contributed by atoms with E-state index in [4.69, 9.17) is 0 Å². The summed E-state index contributed by atoms with van der Waals surface area (Å²) in [5.74, 6) is 0.212. The molecule has 2 aromatic carbocycles. The molecular formula is C19H22O. The van der Waals surface area contributed by atoms with Crippen molar-refractivity contribution >= 4 is 0 Å². The SMILES string of the molecule is CCCC(O)C(C)c1ccc2c(c1)Cc1ccccc1-2. The molecule has 1 nitrogen and oxygen atoms in total. The molecule has 0 radical (unpaired) electrons. The highest BCUT2D eigenvalue weighted by atomic mass is 16.3. The van der Waals surface area contributed by atoms with E-state index in [-0.39, 0.29) is 12.0 Å². The van der Waals surface area contributed by atoms with Crippen LogP contribution in [0.4, 0.5) is 0 Å². The fourth-order valence-electron chi connectivity index (χ4n) is 3.22. The molecule has 0 saturated carbocycles. The van der Waals surface area contributed by atoms with Crippen molar-refractivity contribution in [1.82, 2.24) is 0 Å². The van der Waals surface area contributed by atoms with Gasteiger partial charge in [0.2, 0.25) is 0 Å². The zero-order valence-electron chi connectivity index (χ0n) is 12.3. The van der Waals surface area contributed by atoms with Gasteiger partial charge in [-0.15, -0.1) is 0 Å². The van der Waals surface area contributed by atoms with Crippen molar-refractivity contribution in [1.29, 1.82) is 0 Å². The lowest BCUT2D eigenvalue weighted by molar-refractivity contribution is 0.138. The maximum atomic E-state index is 10.2. The summed E-state index contributed by atoms with van der Waals surface area (Å²) in [5.41, 5.74) is 6.82. The average molecular weight is 266 g/mol. The molecule has 1 heteroatoms. The van der Waals surface area contributed by atoms with Gasteiger partial charge in [0.15, 0.2) is 0 Å². The molecule has 0 fully saturated rings. The Hall–Kier alpha value is -1.60. The molecule has 0 spiro atoms. The molecule has 0 aliphatic heterocycles. The molecule has 2 unspecified atom stereocenters. The minimum absolute atomic E-state index is 0.212. The first-order chi connectivity index (χ1) is 9.70. The summed E-state index contributed by atoms with van der Waals surface area (Å²) in [6.07, 6.45) is 2.69. The van der Waals surface area contributed by atoms with Gasteiger partial charge in [0.1, 0.15) is 0 Å². The van der Waals surface area contributed by atoms with E-state index in [2.05, 4.69) is 56.3 Å². The van der Waals surface area contributed by atoms with Crippen LogP contribution in [0.2, 0.25) is 0 Å². The van der Waals surface area contributed by atoms with E-state index in [9.17, 15) is 5.11 Å². The molecule has 0 saturated heterocycles. The van der Waals surface area contributed by atoms with Gasteiger partial charge in [-0.2, -0.15) is 0 Å². The number of rotatable bonds is 4. The summed E-state index contributed by atoms with van der Waals surface area (Å²) >= 11 is 0. The second kappa shape index (κ2) is 5.41. The summed E-state index contributed by atoms with van der Waals surface area (Å²) in [5, 5.41) is 10.2. The van der Waals surface area contributed by atoms with Crippen molar-refractivity contribution in [3.05, 3.63) is 59.2 Å². The van der Waals surface area contributed by atoms with Gasteiger partial charge in [-0.3, -0.25) is 0 Å². The van der Waals surface area contributed by atoms with Crippen LogP contribution >= 0.6 is 0 Å². The minimum atomic E-state index is -0.234. The maximum absolute atomic E-state index is 10.2. The van der Waals surface area contributed by atoms with Gasteiger partial charge in [0.05, 0.1) is 6.10 Å². The third-order valence-corrected chi connectivity index (χ3v) is 4.51. The van der Waals surface area contributed by atoms with E-state index < -0.39 is 0 Å². The molecule has 0 heterocycles. The molecule has 0 aromatic heterocycles. The fourth-order valence-corrected chi connectivity index (χ4v) is 3.22. The Labute approximate surface area is 121 Å². The molecular weight excluding hydrogens is 244 g/mol. The van der Waals surface area contributed by atoms with Crippen LogP contribution in [0.5, 0.6) is 0 Å². The molecule has 0 bridgehead atoms. The average Bonchev–Trinajstić information content (AvgIpc) is 2.84. The van der Waals surface area contributed by atoms with Gasteiger partial charge in [0, 0.05) is 5.92 Å². The summed E-state index contributed by atoms with van der Waals surface area (Å²) in [4.78, 5) is 0. The van der Waals surface area contributed by atoms with E-state index in [0.29, 0.717) is 0 Å². The smallest absolute Gasteiger partial charge is 0.0606 e. The minimum Gasteiger partial charge on any atom is -0.393 e. The van der Waals surface area contributed by atoms with E-state index in [0.717, 1.165) is 19.3 Å². The van der Waals surface area contributed by atoms with E-state index >= 15 is 0 Å². The van der Waals surface area contributed by atoms with Gasteiger partial charge in [-0.05, 0) is 40.7 Å². The highest BCUT2D eigenvalue weighted by molar-refractivity contribution is 5.77. The highest BCUT2D eigenvalue weighted by Gasteiger charge is 2.21. The van der Waals surface area contributed by atoms with E-state index in [1.807, 2.05) is 0 Å². The third kappa shape index (κ3) is 2.27. The third-order valence-electron chi connectivity index (χ3n) is 4.51. The predicted molar refractivity (Wildman–Crippen MR) is 84.0 cm³/mol. The molecule has 1 N–H and O–H groups in total. The standard InChI is InChI=1S/C19H22O/c1-3-6-19(20)13(2)14-9-10-18-16(11-14)12-15-7-4-5-8-17(15)18/h4-5,7-11,13,19-20H,3,6,12H2,1-2H3. The van der Waals surface area contributed by atoms with Crippen molar-refractivity contribution in [2.75, 3.05) is 0 Å². The van der Waals surface area contributed by atoms with Gasteiger partial charge in [-0.1, -0.05) is 62.7 Å². The monoisotopic (exact) mass is 266 g/mol. The lowest BCUT2D eigenvalue weighted by atomic mass is 9.90. The number of aliphatic hydroxyl groups excluding tert-OH is 1. The van der Waals surface area contributed by atoms with Gasteiger partial charge < -0.3 is 5.11 Å². The number of benzene rings is 2. The number of hydrogen-bond donors (Lipinski definition) is 1. The lowest BCUT2D eigenvalue weighted by Crippen LogP contribution is -2.15. The van der Waals surface area contributed by atoms with Gasteiger partial charge in [-0.25, -0.2) is 0 Å². The highest BCUT2D eigenvalue weighted by Crippen LogP contribution is 2.38. The van der Waals surface area contributed by atoms with Gasteiger partial charge in [0.25, 0.3) is 0 Å². The summed E-state index contributed by atoms with van der Waals surface area (Å²) in [6, 6.07) is 15.3. The van der Waals surface area contributed by atoms with Crippen LogP contribution in [0.25, 0.3) is 11.1 Å². The fraction of sp³-hybridized carbons (Fsp3) is 0.368. The molecule has 2 atom stereocenters. The van der Waals surface area contributed by atoms with Crippen molar-refractivity contribution in [3.8, 4) is 11.1 Å². The van der Waals surface area contributed by atoms with Crippen molar-refractivity contribution in [2.24, 2.45) is 0 Å². The van der Waals surface area contributed by atoms with Crippen molar-refractivity contribution in [2.45, 2.75) is 45.1 Å². The number of aliphatic hydroxyl groups is 1. The Morgan fingerprint density at radius 1 is 1.05 bits per heavy atom. The normalized spacial score (nSPS) is 15.6. The van der Waals surface area contributed by atoms with E-state index in [1.165, 1.54) is 27.8 Å². The van der Waals surface area contributed by atoms with Crippen LogP contribution in [-0.4, -0.2) is 11.2 Å². The second-order valence-electron chi connectivity index (χ2n) is 5.90. The molecule has 1 aliphatic rings. The van der Waals surface area contributed by atoms with Crippen LogP contribution in [0.3, 0.4) is 0 Å². The number of hydrogen-bond acceptors (Lipinski definition) is 1. The molecule has 3 rings (SSSR count). The van der Waals surface area contributed by atoms with Crippen LogP contribution in [0.15, 0.2) is 42.5 Å². The molecule has 1 aliphatic carbocycles. The van der Waals surface area contributed by atoms with Crippen molar-refractivity contribution < 1.29 is 5.11 Å². The zero-order valence-corrected chi connectivity index (χ0v) is 12.3. The molecule has 20 heavy (non-hydrogen) atoms. The van der Waals surface area contributed by atoms with Crippen LogP contribution in [-0.2, 0) is 6.42 Å². The second-order valence-corrected chi connectivity index (χ2v) is 5.90. The van der Waals surface area contributed by atoms with Crippen LogP contribution in [0, 0.1) is 0 Å². The summed E-state index contributed by atoms with van der Waals surface area (Å²) in [6.45, 7) is 4.25. The Morgan fingerprint density at radius 2 is 1.80 bits per heavy atom.